The number of hydrogen-bond acceptors (Lipinski definition) is 4. The zero-order valence-electron chi connectivity index (χ0n) is 13.7. The second-order valence-electron chi connectivity index (χ2n) is 6.24. The Bertz CT molecular complexity index is 780. The summed E-state index contributed by atoms with van der Waals surface area (Å²) in [6.07, 6.45) is 0. The topological polar surface area (TPSA) is 40.6 Å². The van der Waals surface area contributed by atoms with E-state index in [4.69, 9.17) is 0 Å². The molecule has 1 fully saturated rings. The number of thiophene rings is 1. The first-order valence-corrected chi connectivity index (χ1v) is 11.0. The Balaban J connectivity index is 1.75. The molecule has 0 bridgehead atoms. The predicted molar refractivity (Wildman–Crippen MR) is 102 cm³/mol. The maximum atomic E-state index is 12.9. The molecule has 24 heavy (non-hydrogen) atoms. The molecule has 3 rings (SSSR count). The van der Waals surface area contributed by atoms with Crippen molar-refractivity contribution >= 4 is 37.3 Å². The summed E-state index contributed by atoms with van der Waals surface area (Å²) >= 11 is 4.61. The molecule has 0 saturated carbocycles. The van der Waals surface area contributed by atoms with Gasteiger partial charge in [-0.25, -0.2) is 8.42 Å². The third kappa shape index (κ3) is 3.75. The number of halogens is 1. The van der Waals surface area contributed by atoms with Crippen molar-refractivity contribution in [3.63, 3.8) is 0 Å². The first kappa shape index (κ1) is 18.1. The van der Waals surface area contributed by atoms with Crippen molar-refractivity contribution in [1.82, 2.24) is 9.21 Å². The summed E-state index contributed by atoms with van der Waals surface area (Å²) in [5.74, 6) is 0. The van der Waals surface area contributed by atoms with Crippen LogP contribution < -0.4 is 0 Å². The van der Waals surface area contributed by atoms with E-state index in [-0.39, 0.29) is 12.1 Å². The minimum atomic E-state index is -3.41. The Morgan fingerprint density at radius 2 is 1.71 bits per heavy atom. The Kier molecular flexibility index (Phi) is 5.46. The number of rotatable bonds is 4. The highest BCUT2D eigenvalue weighted by molar-refractivity contribution is 9.11. The molecule has 1 aromatic carbocycles. The quantitative estimate of drug-likeness (QED) is 0.743. The summed E-state index contributed by atoms with van der Waals surface area (Å²) in [4.78, 5) is 2.38. The average molecular weight is 429 g/mol. The first-order chi connectivity index (χ1) is 11.4. The second kappa shape index (κ2) is 7.25. The van der Waals surface area contributed by atoms with Crippen molar-refractivity contribution in [2.24, 2.45) is 0 Å². The van der Waals surface area contributed by atoms with Crippen LogP contribution in [0.4, 0.5) is 0 Å². The van der Waals surface area contributed by atoms with Crippen molar-refractivity contribution in [2.45, 2.75) is 36.7 Å². The summed E-state index contributed by atoms with van der Waals surface area (Å²) in [6, 6.07) is 14.1. The summed E-state index contributed by atoms with van der Waals surface area (Å²) in [5.41, 5.74) is 1.26. The van der Waals surface area contributed by atoms with Gasteiger partial charge in [0.05, 0.1) is 3.79 Å². The van der Waals surface area contributed by atoms with E-state index >= 15 is 0 Å². The summed E-state index contributed by atoms with van der Waals surface area (Å²) < 4.78 is 28.6. The van der Waals surface area contributed by atoms with Crippen LogP contribution in [0.1, 0.15) is 19.4 Å². The lowest BCUT2D eigenvalue weighted by Crippen LogP contribution is -2.57. The van der Waals surface area contributed by atoms with Gasteiger partial charge in [-0.3, -0.25) is 4.90 Å². The molecular weight excluding hydrogens is 408 g/mol. The minimum absolute atomic E-state index is 0.173. The van der Waals surface area contributed by atoms with Crippen LogP contribution in [0.5, 0.6) is 0 Å². The number of nitrogens with zero attached hydrogens (tertiary/aromatic N) is 2. The summed E-state index contributed by atoms with van der Waals surface area (Å²) in [6.45, 7) is 6.10. The van der Waals surface area contributed by atoms with Gasteiger partial charge in [-0.1, -0.05) is 30.3 Å². The molecule has 2 heterocycles. The Hall–Kier alpha value is -0.730. The zero-order valence-corrected chi connectivity index (χ0v) is 16.9. The molecule has 1 aliphatic rings. The van der Waals surface area contributed by atoms with Crippen LogP contribution in [0.15, 0.2) is 50.5 Å². The molecule has 1 aromatic heterocycles. The van der Waals surface area contributed by atoms with Gasteiger partial charge < -0.3 is 0 Å². The van der Waals surface area contributed by atoms with Gasteiger partial charge in [0.1, 0.15) is 4.21 Å². The van der Waals surface area contributed by atoms with Gasteiger partial charge in [0.25, 0.3) is 10.0 Å². The fourth-order valence-corrected chi connectivity index (χ4v) is 6.94. The molecule has 2 atom stereocenters. The molecule has 0 aliphatic carbocycles. The Labute approximate surface area is 156 Å². The fraction of sp³-hybridized carbons (Fsp3) is 0.412. The van der Waals surface area contributed by atoms with Gasteiger partial charge in [0.15, 0.2) is 0 Å². The van der Waals surface area contributed by atoms with Crippen LogP contribution in [0.2, 0.25) is 0 Å². The molecule has 0 spiro atoms. The van der Waals surface area contributed by atoms with Crippen LogP contribution >= 0.6 is 27.3 Å². The Morgan fingerprint density at radius 1 is 1.08 bits per heavy atom. The molecule has 0 N–H and O–H groups in total. The third-order valence-electron chi connectivity index (χ3n) is 4.42. The fourth-order valence-electron chi connectivity index (χ4n) is 3.17. The molecular formula is C17H21BrN2O2S2. The second-order valence-corrected chi connectivity index (χ2v) is 10.9. The van der Waals surface area contributed by atoms with E-state index in [9.17, 15) is 8.42 Å². The lowest BCUT2D eigenvalue weighted by Gasteiger charge is -2.43. The largest absolute Gasteiger partial charge is 0.291 e. The van der Waals surface area contributed by atoms with Gasteiger partial charge in [0, 0.05) is 31.7 Å². The molecule has 4 nitrogen and oxygen atoms in total. The van der Waals surface area contributed by atoms with Gasteiger partial charge in [-0.15, -0.1) is 11.3 Å². The maximum Gasteiger partial charge on any atom is 0.252 e. The minimum Gasteiger partial charge on any atom is -0.291 e. The molecule has 0 radical (unpaired) electrons. The van der Waals surface area contributed by atoms with E-state index < -0.39 is 10.0 Å². The molecule has 7 heteroatoms. The van der Waals surface area contributed by atoms with E-state index in [1.54, 1.807) is 16.4 Å². The van der Waals surface area contributed by atoms with E-state index in [0.717, 1.165) is 10.3 Å². The van der Waals surface area contributed by atoms with Crippen molar-refractivity contribution < 1.29 is 8.42 Å². The monoisotopic (exact) mass is 428 g/mol. The van der Waals surface area contributed by atoms with Crippen molar-refractivity contribution in [2.75, 3.05) is 13.1 Å². The molecule has 130 valence electrons. The molecule has 1 aliphatic heterocycles. The van der Waals surface area contributed by atoms with Gasteiger partial charge >= 0.3 is 0 Å². The Morgan fingerprint density at radius 3 is 2.25 bits per heavy atom. The SMILES string of the molecule is CC1CN(S(=O)(=O)c2ccc(Br)s2)CC(C)N1Cc1ccccc1. The van der Waals surface area contributed by atoms with Crippen molar-refractivity contribution in [3.8, 4) is 0 Å². The highest BCUT2D eigenvalue weighted by Crippen LogP contribution is 2.30. The van der Waals surface area contributed by atoms with E-state index in [1.807, 2.05) is 18.2 Å². The first-order valence-electron chi connectivity index (χ1n) is 7.93. The average Bonchev–Trinajstić information content (AvgIpc) is 2.99. The van der Waals surface area contributed by atoms with Crippen molar-refractivity contribution in [1.29, 1.82) is 0 Å². The molecule has 2 unspecified atom stereocenters. The molecule has 1 saturated heterocycles. The molecule has 0 amide bonds. The highest BCUT2D eigenvalue weighted by Gasteiger charge is 2.36. The van der Waals surface area contributed by atoms with E-state index in [2.05, 4.69) is 46.8 Å². The van der Waals surface area contributed by atoms with Gasteiger partial charge in [-0.2, -0.15) is 4.31 Å². The van der Waals surface area contributed by atoms with Crippen LogP contribution in [0.3, 0.4) is 0 Å². The lowest BCUT2D eigenvalue weighted by molar-refractivity contribution is 0.0700. The zero-order chi connectivity index (χ0) is 17.3. The number of benzene rings is 1. The van der Waals surface area contributed by atoms with E-state index in [0.29, 0.717) is 17.3 Å². The van der Waals surface area contributed by atoms with Gasteiger partial charge in [0.2, 0.25) is 0 Å². The molecule has 2 aromatic rings. The van der Waals surface area contributed by atoms with Crippen molar-refractivity contribution in [3.05, 3.63) is 51.8 Å². The standard InChI is InChI=1S/C17H21BrN2O2S2/c1-13-10-19(24(21,22)17-9-8-16(18)23-17)11-14(2)20(13)12-15-6-4-3-5-7-15/h3-9,13-14H,10-12H2,1-2H3. The normalized spacial score (nSPS) is 23.5. The van der Waals surface area contributed by atoms with Gasteiger partial charge in [-0.05, 0) is 47.5 Å². The summed E-state index contributed by atoms with van der Waals surface area (Å²) in [7, 11) is -3.41. The van der Waals surface area contributed by atoms with Crippen LogP contribution in [0, 0.1) is 0 Å². The highest BCUT2D eigenvalue weighted by atomic mass is 79.9. The van der Waals surface area contributed by atoms with Crippen LogP contribution in [0.25, 0.3) is 0 Å². The lowest BCUT2D eigenvalue weighted by atomic mass is 10.1. The smallest absolute Gasteiger partial charge is 0.252 e. The van der Waals surface area contributed by atoms with Crippen LogP contribution in [-0.4, -0.2) is 42.8 Å². The number of sulfonamides is 1. The summed E-state index contributed by atoms with van der Waals surface area (Å²) in [5, 5.41) is 0. The number of hydrogen-bond donors (Lipinski definition) is 0. The predicted octanol–water partition coefficient (Wildman–Crippen LogP) is 3.79. The third-order valence-corrected chi connectivity index (χ3v) is 8.34. The van der Waals surface area contributed by atoms with Crippen LogP contribution in [-0.2, 0) is 16.6 Å². The maximum absolute atomic E-state index is 12.9. The van der Waals surface area contributed by atoms with E-state index in [1.165, 1.54) is 16.9 Å². The number of piperazine rings is 1.